The van der Waals surface area contributed by atoms with Crippen molar-refractivity contribution in [2.24, 2.45) is 0 Å². The Morgan fingerprint density at radius 1 is 1.07 bits per heavy atom. The third kappa shape index (κ3) is 11.4. The lowest BCUT2D eigenvalue weighted by Crippen LogP contribution is -2.28. The maximum absolute atomic E-state index is 11.7. The normalized spacial score (nSPS) is 11.6. The molecule has 0 aromatic carbocycles. The highest BCUT2D eigenvalue weighted by atomic mass is 19.4. The summed E-state index contributed by atoms with van der Waals surface area (Å²) in [6.07, 6.45) is -2.85. The van der Waals surface area contributed by atoms with Crippen LogP contribution in [0.3, 0.4) is 0 Å². The zero-order valence-electron chi connectivity index (χ0n) is 8.16. The summed E-state index contributed by atoms with van der Waals surface area (Å²) in [6.45, 7) is 6.10. The molecule has 0 aliphatic heterocycles. The van der Waals surface area contributed by atoms with Crippen LogP contribution in [0.15, 0.2) is 12.7 Å². The minimum atomic E-state index is -4.03. The summed E-state index contributed by atoms with van der Waals surface area (Å²) in [4.78, 5) is 0. The Morgan fingerprint density at radius 2 is 1.71 bits per heavy atom. The molecule has 0 aliphatic rings. The summed E-state index contributed by atoms with van der Waals surface area (Å²) in [6, 6.07) is 0. The highest BCUT2D eigenvalue weighted by Gasteiger charge is 2.25. The van der Waals surface area contributed by atoms with Gasteiger partial charge in [0, 0.05) is 26.1 Å². The van der Waals surface area contributed by atoms with E-state index in [1.54, 1.807) is 6.08 Å². The minimum Gasteiger partial charge on any atom is -0.315 e. The molecule has 0 saturated heterocycles. The van der Waals surface area contributed by atoms with Crippen molar-refractivity contribution in [1.82, 2.24) is 10.6 Å². The molecule has 2 nitrogen and oxygen atoms in total. The van der Waals surface area contributed by atoms with Gasteiger partial charge in [0.15, 0.2) is 0 Å². The average Bonchev–Trinajstić information content (AvgIpc) is 2.08. The molecule has 0 bridgehead atoms. The molecule has 0 heterocycles. The van der Waals surface area contributed by atoms with E-state index in [2.05, 4.69) is 17.2 Å². The van der Waals surface area contributed by atoms with Crippen LogP contribution < -0.4 is 10.6 Å². The van der Waals surface area contributed by atoms with Crippen molar-refractivity contribution < 1.29 is 13.2 Å². The van der Waals surface area contributed by atoms with Crippen LogP contribution in [0.25, 0.3) is 0 Å². The maximum atomic E-state index is 11.7. The first-order valence-electron chi connectivity index (χ1n) is 4.65. The lowest BCUT2D eigenvalue weighted by Gasteiger charge is -2.07. The van der Waals surface area contributed by atoms with Crippen molar-refractivity contribution in [3.8, 4) is 0 Å². The van der Waals surface area contributed by atoms with Gasteiger partial charge in [0.25, 0.3) is 0 Å². The molecule has 0 aromatic heterocycles. The van der Waals surface area contributed by atoms with E-state index < -0.39 is 12.6 Å². The fourth-order valence-electron chi connectivity index (χ4n) is 0.920. The predicted octanol–water partition coefficient (Wildman–Crippen LogP) is 1.69. The molecule has 0 radical (unpaired) electrons. The Kier molecular flexibility index (Phi) is 7.51. The van der Waals surface area contributed by atoms with Crippen LogP contribution in [0.4, 0.5) is 13.2 Å². The van der Waals surface area contributed by atoms with E-state index in [1.165, 1.54) is 0 Å². The number of halogens is 3. The number of alkyl halides is 3. The monoisotopic (exact) mass is 210 g/mol. The van der Waals surface area contributed by atoms with Gasteiger partial charge in [-0.25, -0.2) is 0 Å². The molecule has 0 spiro atoms. The van der Waals surface area contributed by atoms with Crippen molar-refractivity contribution in [2.75, 3.05) is 26.2 Å². The summed E-state index contributed by atoms with van der Waals surface area (Å²) in [5.41, 5.74) is 0. The number of hydrogen-bond donors (Lipinski definition) is 2. The topological polar surface area (TPSA) is 24.1 Å². The van der Waals surface area contributed by atoms with Gasteiger partial charge in [-0.3, -0.25) is 0 Å². The standard InChI is InChI=1S/C9H17F3N2/c1-2-5-13-7-8-14-6-3-4-9(10,11)12/h2,13-14H,1,3-8H2. The van der Waals surface area contributed by atoms with Crippen LogP contribution in [0, 0.1) is 0 Å². The number of hydrogen-bond acceptors (Lipinski definition) is 2. The lowest BCUT2D eigenvalue weighted by molar-refractivity contribution is -0.135. The van der Waals surface area contributed by atoms with E-state index >= 15 is 0 Å². The Hall–Kier alpha value is -0.550. The fourth-order valence-corrected chi connectivity index (χ4v) is 0.920. The van der Waals surface area contributed by atoms with Gasteiger partial charge < -0.3 is 10.6 Å². The highest BCUT2D eigenvalue weighted by molar-refractivity contribution is 4.69. The second kappa shape index (κ2) is 7.82. The van der Waals surface area contributed by atoms with Crippen molar-refractivity contribution in [2.45, 2.75) is 19.0 Å². The van der Waals surface area contributed by atoms with Crippen molar-refractivity contribution in [3.05, 3.63) is 12.7 Å². The summed E-state index contributed by atoms with van der Waals surface area (Å²) in [5.74, 6) is 0. The molecule has 0 fully saturated rings. The molecule has 2 N–H and O–H groups in total. The predicted molar refractivity (Wildman–Crippen MR) is 51.2 cm³/mol. The molecule has 84 valence electrons. The maximum Gasteiger partial charge on any atom is 0.389 e. The van der Waals surface area contributed by atoms with E-state index in [-0.39, 0.29) is 6.42 Å². The van der Waals surface area contributed by atoms with Gasteiger partial charge in [-0.1, -0.05) is 6.08 Å². The Balaban J connectivity index is 3.03. The van der Waals surface area contributed by atoms with Gasteiger partial charge in [-0.15, -0.1) is 6.58 Å². The Labute approximate surface area is 82.6 Å². The molecule has 0 atom stereocenters. The quantitative estimate of drug-likeness (QED) is 0.470. The number of rotatable bonds is 8. The molecule has 0 aliphatic carbocycles. The first-order valence-corrected chi connectivity index (χ1v) is 4.65. The Morgan fingerprint density at radius 3 is 2.29 bits per heavy atom. The van der Waals surface area contributed by atoms with Gasteiger partial charge >= 0.3 is 6.18 Å². The first-order chi connectivity index (χ1) is 6.56. The zero-order valence-corrected chi connectivity index (χ0v) is 8.16. The summed E-state index contributed by atoms with van der Waals surface area (Å²) in [5, 5.41) is 5.96. The molecule has 5 heteroatoms. The van der Waals surface area contributed by atoms with E-state index in [1.807, 2.05) is 0 Å². The van der Waals surface area contributed by atoms with Crippen LogP contribution in [-0.2, 0) is 0 Å². The summed E-state index contributed by atoms with van der Waals surface area (Å²) >= 11 is 0. The SMILES string of the molecule is C=CCNCCNCCCC(F)(F)F. The molecule has 0 unspecified atom stereocenters. The first kappa shape index (κ1) is 13.4. The molecule has 0 saturated carbocycles. The van der Waals surface area contributed by atoms with E-state index in [4.69, 9.17) is 0 Å². The molecule has 14 heavy (non-hydrogen) atoms. The summed E-state index contributed by atoms with van der Waals surface area (Å²) < 4.78 is 35.0. The van der Waals surface area contributed by atoms with Crippen LogP contribution in [-0.4, -0.2) is 32.4 Å². The highest BCUT2D eigenvalue weighted by Crippen LogP contribution is 2.20. The van der Waals surface area contributed by atoms with Crippen molar-refractivity contribution in [1.29, 1.82) is 0 Å². The third-order valence-corrected chi connectivity index (χ3v) is 1.58. The van der Waals surface area contributed by atoms with Gasteiger partial charge in [-0.2, -0.15) is 13.2 Å². The average molecular weight is 210 g/mol. The lowest BCUT2D eigenvalue weighted by atomic mass is 10.3. The molecular formula is C9H17F3N2. The molecule has 0 aromatic rings. The number of nitrogens with one attached hydrogen (secondary N) is 2. The Bertz CT molecular complexity index is 145. The zero-order chi connectivity index (χ0) is 10.9. The molecule has 0 rings (SSSR count). The molecular weight excluding hydrogens is 193 g/mol. The van der Waals surface area contributed by atoms with Crippen LogP contribution in [0.1, 0.15) is 12.8 Å². The smallest absolute Gasteiger partial charge is 0.315 e. The second-order valence-corrected chi connectivity index (χ2v) is 2.96. The van der Waals surface area contributed by atoms with Gasteiger partial charge in [0.05, 0.1) is 0 Å². The van der Waals surface area contributed by atoms with Crippen molar-refractivity contribution >= 4 is 0 Å². The summed E-state index contributed by atoms with van der Waals surface area (Å²) in [7, 11) is 0. The van der Waals surface area contributed by atoms with Crippen LogP contribution >= 0.6 is 0 Å². The van der Waals surface area contributed by atoms with E-state index in [0.717, 1.165) is 13.1 Å². The van der Waals surface area contributed by atoms with Crippen molar-refractivity contribution in [3.63, 3.8) is 0 Å². The van der Waals surface area contributed by atoms with Gasteiger partial charge in [0.1, 0.15) is 0 Å². The van der Waals surface area contributed by atoms with Gasteiger partial charge in [0.2, 0.25) is 0 Å². The van der Waals surface area contributed by atoms with Crippen LogP contribution in [0.5, 0.6) is 0 Å². The molecule has 0 amide bonds. The van der Waals surface area contributed by atoms with E-state index in [9.17, 15) is 13.2 Å². The van der Waals surface area contributed by atoms with Gasteiger partial charge in [-0.05, 0) is 13.0 Å². The van der Waals surface area contributed by atoms with E-state index in [0.29, 0.717) is 13.1 Å². The fraction of sp³-hybridized carbons (Fsp3) is 0.778. The third-order valence-electron chi connectivity index (χ3n) is 1.58. The second-order valence-electron chi connectivity index (χ2n) is 2.96. The minimum absolute atomic E-state index is 0.144. The largest absolute Gasteiger partial charge is 0.389 e. The van der Waals surface area contributed by atoms with Crippen LogP contribution in [0.2, 0.25) is 0 Å².